The molecule has 2 unspecified atom stereocenters. The van der Waals surface area contributed by atoms with Gasteiger partial charge in [0, 0.05) is 12.5 Å². The van der Waals surface area contributed by atoms with Gasteiger partial charge in [-0.1, -0.05) is 15.9 Å². The molecule has 0 aromatic carbocycles. The summed E-state index contributed by atoms with van der Waals surface area (Å²) < 4.78 is 4.89. The monoisotopic (exact) mass is 236 g/mol. The van der Waals surface area contributed by atoms with Gasteiger partial charge in [-0.2, -0.15) is 0 Å². The zero-order valence-corrected chi connectivity index (χ0v) is 8.58. The van der Waals surface area contributed by atoms with Crippen LogP contribution in [0.2, 0.25) is 0 Å². The second kappa shape index (κ2) is 4.35. The number of alkyl halides is 1. The van der Waals surface area contributed by atoms with Crippen LogP contribution in [0.15, 0.2) is 0 Å². The molecule has 12 heavy (non-hydrogen) atoms. The summed E-state index contributed by atoms with van der Waals surface area (Å²) in [6, 6.07) is 0. The lowest BCUT2D eigenvalue weighted by Gasteiger charge is -2.15. The third-order valence-electron chi connectivity index (χ3n) is 1.84. The molecule has 1 rings (SSSR count). The largest absolute Gasteiger partial charge is 0.367 e. The van der Waals surface area contributed by atoms with E-state index in [1.165, 1.54) is 0 Å². The van der Waals surface area contributed by atoms with Gasteiger partial charge in [0.05, 0.1) is 0 Å². The van der Waals surface area contributed by atoms with E-state index in [0.29, 0.717) is 6.61 Å². The molecule has 2 atom stereocenters. The maximum atomic E-state index is 11.3. The van der Waals surface area contributed by atoms with Gasteiger partial charge in [0.1, 0.15) is 4.83 Å². The predicted molar refractivity (Wildman–Crippen MR) is 48.1 cm³/mol. The van der Waals surface area contributed by atoms with E-state index in [1.54, 1.807) is 6.92 Å². The lowest BCUT2D eigenvalue weighted by molar-refractivity contribution is -0.133. The molecule has 3 nitrogen and oxygen atoms in total. The molecule has 1 N–H and O–H groups in total. The van der Waals surface area contributed by atoms with Crippen LogP contribution in [-0.4, -0.2) is 28.6 Å². The average molecular weight is 237 g/mol. The number of ketones is 1. The summed E-state index contributed by atoms with van der Waals surface area (Å²) in [7, 11) is 0. The first kappa shape index (κ1) is 10.2. The van der Waals surface area contributed by atoms with E-state index in [-0.39, 0.29) is 11.7 Å². The Balaban J connectivity index is 2.33. The van der Waals surface area contributed by atoms with E-state index < -0.39 is 11.1 Å². The molecule has 0 spiro atoms. The molecule has 0 aromatic rings. The summed E-state index contributed by atoms with van der Waals surface area (Å²) in [5.41, 5.74) is 0. The first-order chi connectivity index (χ1) is 5.66. The smallest absolute Gasteiger partial charge is 0.174 e. The van der Waals surface area contributed by atoms with Gasteiger partial charge in [-0.25, -0.2) is 0 Å². The quantitative estimate of drug-likeness (QED) is 0.575. The Kier molecular flexibility index (Phi) is 3.68. The van der Waals surface area contributed by atoms with E-state index in [2.05, 4.69) is 15.9 Å². The van der Waals surface area contributed by atoms with Crippen LogP contribution in [-0.2, 0) is 9.53 Å². The van der Waals surface area contributed by atoms with Crippen molar-refractivity contribution in [3.8, 4) is 0 Å². The van der Waals surface area contributed by atoms with Crippen molar-refractivity contribution in [2.45, 2.75) is 30.9 Å². The highest BCUT2D eigenvalue weighted by Crippen LogP contribution is 2.33. The summed E-state index contributed by atoms with van der Waals surface area (Å²) in [6.45, 7) is 2.20. The topological polar surface area (TPSA) is 46.5 Å². The number of hydrogen-bond acceptors (Lipinski definition) is 3. The Morgan fingerprint density at radius 1 is 1.75 bits per heavy atom. The first-order valence-electron chi connectivity index (χ1n) is 4.14. The fourth-order valence-electron chi connectivity index (χ4n) is 0.989. The van der Waals surface area contributed by atoms with Crippen LogP contribution >= 0.6 is 15.9 Å². The van der Waals surface area contributed by atoms with Crippen molar-refractivity contribution in [1.82, 2.24) is 0 Å². The van der Waals surface area contributed by atoms with E-state index in [9.17, 15) is 9.90 Å². The van der Waals surface area contributed by atoms with Crippen LogP contribution in [0, 0.1) is 5.92 Å². The minimum atomic E-state index is -0.997. The molecule has 4 heteroatoms. The Morgan fingerprint density at radius 3 is 2.75 bits per heavy atom. The molecular weight excluding hydrogens is 224 g/mol. The third kappa shape index (κ3) is 2.54. The molecule has 0 heterocycles. The van der Waals surface area contributed by atoms with E-state index in [4.69, 9.17) is 4.74 Å². The molecule has 1 aliphatic rings. The highest BCUT2D eigenvalue weighted by Gasteiger charge is 2.36. The highest BCUT2D eigenvalue weighted by molar-refractivity contribution is 9.10. The standard InChI is InChI=1S/C8H13BrO3/c1-2-12-8(11)6(9)7(10)5-3-4-5/h5-6,8,11H,2-4H2,1H3. The number of Topliss-reactive ketones (excluding diaryl/α,β-unsaturated/α-hetero) is 1. The van der Waals surface area contributed by atoms with E-state index in [0.717, 1.165) is 12.8 Å². The number of hydrogen-bond donors (Lipinski definition) is 1. The zero-order chi connectivity index (χ0) is 9.14. The van der Waals surface area contributed by atoms with Crippen molar-refractivity contribution in [3.63, 3.8) is 0 Å². The van der Waals surface area contributed by atoms with Gasteiger partial charge in [0.15, 0.2) is 12.1 Å². The Morgan fingerprint density at radius 2 is 2.33 bits per heavy atom. The Hall–Kier alpha value is 0.0700. The van der Waals surface area contributed by atoms with Gasteiger partial charge in [0.2, 0.25) is 0 Å². The molecule has 0 saturated heterocycles. The van der Waals surface area contributed by atoms with Gasteiger partial charge in [-0.05, 0) is 19.8 Å². The van der Waals surface area contributed by atoms with Crippen molar-refractivity contribution in [3.05, 3.63) is 0 Å². The van der Waals surface area contributed by atoms with Crippen LogP contribution < -0.4 is 0 Å². The molecule has 70 valence electrons. The minimum absolute atomic E-state index is 0.0657. The van der Waals surface area contributed by atoms with Crippen molar-refractivity contribution < 1.29 is 14.6 Å². The molecule has 1 fully saturated rings. The van der Waals surface area contributed by atoms with Gasteiger partial charge >= 0.3 is 0 Å². The molecule has 0 aromatic heterocycles. The molecule has 1 aliphatic carbocycles. The number of halogens is 1. The predicted octanol–water partition coefficient (Wildman–Crippen LogP) is 1.08. The van der Waals surface area contributed by atoms with Crippen molar-refractivity contribution in [2.24, 2.45) is 5.92 Å². The number of carbonyl (C=O) groups is 1. The summed E-state index contributed by atoms with van der Waals surface area (Å²) >= 11 is 3.13. The van der Waals surface area contributed by atoms with Crippen LogP contribution in [0.5, 0.6) is 0 Å². The van der Waals surface area contributed by atoms with E-state index in [1.807, 2.05) is 0 Å². The van der Waals surface area contributed by atoms with Crippen LogP contribution in [0.25, 0.3) is 0 Å². The zero-order valence-electron chi connectivity index (χ0n) is 7.00. The lowest BCUT2D eigenvalue weighted by Crippen LogP contribution is -2.32. The third-order valence-corrected chi connectivity index (χ3v) is 2.74. The van der Waals surface area contributed by atoms with Crippen molar-refractivity contribution in [1.29, 1.82) is 0 Å². The number of ether oxygens (including phenoxy) is 1. The second-order valence-corrected chi connectivity index (χ2v) is 3.91. The molecule has 0 aliphatic heterocycles. The van der Waals surface area contributed by atoms with Gasteiger partial charge in [-0.3, -0.25) is 4.79 Å². The average Bonchev–Trinajstić information content (AvgIpc) is 2.84. The summed E-state index contributed by atoms with van der Waals surface area (Å²) in [4.78, 5) is 10.8. The summed E-state index contributed by atoms with van der Waals surface area (Å²) in [5.74, 6) is 0.223. The summed E-state index contributed by atoms with van der Waals surface area (Å²) in [5, 5.41) is 9.27. The second-order valence-electron chi connectivity index (χ2n) is 2.92. The van der Waals surface area contributed by atoms with Crippen LogP contribution in [0.3, 0.4) is 0 Å². The van der Waals surface area contributed by atoms with Crippen LogP contribution in [0.4, 0.5) is 0 Å². The molecule has 0 radical (unpaired) electrons. The van der Waals surface area contributed by atoms with Crippen molar-refractivity contribution >= 4 is 21.7 Å². The number of aliphatic hydroxyl groups excluding tert-OH is 1. The molecule has 0 bridgehead atoms. The van der Waals surface area contributed by atoms with Crippen LogP contribution in [0.1, 0.15) is 19.8 Å². The highest BCUT2D eigenvalue weighted by atomic mass is 79.9. The first-order valence-corrected chi connectivity index (χ1v) is 5.05. The Labute approximate surface area is 80.2 Å². The van der Waals surface area contributed by atoms with Crippen molar-refractivity contribution in [2.75, 3.05) is 6.61 Å². The van der Waals surface area contributed by atoms with Gasteiger partial charge < -0.3 is 9.84 Å². The maximum Gasteiger partial charge on any atom is 0.174 e. The SMILES string of the molecule is CCOC(O)C(Br)C(=O)C1CC1. The molecular formula is C8H13BrO3. The fraction of sp³-hybridized carbons (Fsp3) is 0.875. The lowest BCUT2D eigenvalue weighted by atomic mass is 10.2. The van der Waals surface area contributed by atoms with E-state index >= 15 is 0 Å². The van der Waals surface area contributed by atoms with Gasteiger partial charge in [-0.15, -0.1) is 0 Å². The van der Waals surface area contributed by atoms with Gasteiger partial charge in [0.25, 0.3) is 0 Å². The number of carbonyl (C=O) groups excluding carboxylic acids is 1. The summed E-state index contributed by atoms with van der Waals surface area (Å²) in [6.07, 6.45) is 0.919. The maximum absolute atomic E-state index is 11.3. The number of rotatable bonds is 5. The molecule has 0 amide bonds. The number of aliphatic hydroxyl groups is 1. The normalized spacial score (nSPS) is 21.9. The fourth-order valence-corrected chi connectivity index (χ4v) is 1.52. The molecule has 1 saturated carbocycles. The minimum Gasteiger partial charge on any atom is -0.367 e. The Bertz CT molecular complexity index is 168.